The van der Waals surface area contributed by atoms with Gasteiger partial charge in [-0.1, -0.05) is 11.6 Å². The molecule has 0 saturated carbocycles. The van der Waals surface area contributed by atoms with Gasteiger partial charge in [-0.15, -0.1) is 0 Å². The van der Waals surface area contributed by atoms with Gasteiger partial charge in [-0.25, -0.2) is 8.78 Å². The molecule has 3 rings (SSSR count). The molecular formula is C15H15ClF2N4O. The molecule has 2 heterocycles. The maximum Gasteiger partial charge on any atom is 0.224 e. The third-order valence-electron chi connectivity index (χ3n) is 3.63. The number of amides is 1. The number of nitrogens with one attached hydrogen (secondary N) is 2. The Morgan fingerprint density at radius 3 is 2.91 bits per heavy atom. The number of rotatable bonds is 4. The average molecular weight is 341 g/mol. The van der Waals surface area contributed by atoms with Crippen LogP contribution in [0.4, 0.5) is 8.78 Å². The first-order valence-corrected chi connectivity index (χ1v) is 7.57. The number of nitrogens with zero attached hydrogens (tertiary/aromatic N) is 2. The van der Waals surface area contributed by atoms with E-state index in [0.29, 0.717) is 0 Å². The molecule has 122 valence electrons. The minimum Gasteiger partial charge on any atom is -0.350 e. The summed E-state index contributed by atoms with van der Waals surface area (Å²) >= 11 is 5.82. The van der Waals surface area contributed by atoms with E-state index in [-0.39, 0.29) is 29.5 Å². The molecule has 23 heavy (non-hydrogen) atoms. The zero-order valence-corrected chi connectivity index (χ0v) is 13.0. The molecule has 0 bridgehead atoms. The Hall–Kier alpha value is -1.99. The fraction of sp³-hybridized carbons (Fsp3) is 0.333. The van der Waals surface area contributed by atoms with E-state index in [2.05, 4.69) is 15.7 Å². The largest absolute Gasteiger partial charge is 0.350 e. The number of benzene rings is 1. The molecule has 0 fully saturated rings. The fourth-order valence-corrected chi connectivity index (χ4v) is 2.68. The van der Waals surface area contributed by atoms with Gasteiger partial charge in [0.15, 0.2) is 11.6 Å². The van der Waals surface area contributed by atoms with Crippen molar-refractivity contribution in [3.05, 3.63) is 51.8 Å². The van der Waals surface area contributed by atoms with Gasteiger partial charge in [0.1, 0.15) is 0 Å². The van der Waals surface area contributed by atoms with Gasteiger partial charge in [-0.2, -0.15) is 5.10 Å². The van der Waals surface area contributed by atoms with E-state index in [9.17, 15) is 13.6 Å². The van der Waals surface area contributed by atoms with Crippen LogP contribution in [0.25, 0.3) is 0 Å². The van der Waals surface area contributed by atoms with E-state index in [4.69, 9.17) is 11.6 Å². The minimum atomic E-state index is -1.03. The monoisotopic (exact) mass is 340 g/mol. The molecule has 2 aromatic rings. The van der Waals surface area contributed by atoms with Crippen LogP contribution < -0.4 is 10.6 Å². The molecule has 1 amide bonds. The maximum absolute atomic E-state index is 13.2. The van der Waals surface area contributed by atoms with E-state index in [0.717, 1.165) is 43.2 Å². The van der Waals surface area contributed by atoms with Crippen molar-refractivity contribution in [1.29, 1.82) is 0 Å². The molecule has 5 nitrogen and oxygen atoms in total. The van der Waals surface area contributed by atoms with Gasteiger partial charge >= 0.3 is 0 Å². The number of carbonyl (C=O) groups is 1. The first-order valence-electron chi connectivity index (χ1n) is 7.19. The lowest BCUT2D eigenvalue weighted by Crippen LogP contribution is -2.28. The average Bonchev–Trinajstić information content (AvgIpc) is 2.93. The maximum atomic E-state index is 13.2. The topological polar surface area (TPSA) is 59.0 Å². The molecule has 0 unspecified atom stereocenters. The van der Waals surface area contributed by atoms with Crippen LogP contribution in [0.1, 0.15) is 17.0 Å². The molecule has 1 aromatic heterocycles. The van der Waals surface area contributed by atoms with Crippen LogP contribution in [-0.2, 0) is 30.8 Å². The van der Waals surface area contributed by atoms with E-state index in [1.54, 1.807) is 0 Å². The second-order valence-electron chi connectivity index (χ2n) is 5.34. The minimum absolute atomic E-state index is 0.0302. The number of aromatic nitrogens is 2. The molecule has 1 aromatic carbocycles. The zero-order valence-electron chi connectivity index (χ0n) is 12.2. The highest BCUT2D eigenvalue weighted by Gasteiger charge is 2.14. The number of hydrogen-bond donors (Lipinski definition) is 2. The number of hydrogen-bond acceptors (Lipinski definition) is 3. The Kier molecular flexibility index (Phi) is 4.58. The summed E-state index contributed by atoms with van der Waals surface area (Å²) in [6.07, 6.45) is -0.120. The summed E-state index contributed by atoms with van der Waals surface area (Å²) in [6, 6.07) is 3.74. The number of carbonyl (C=O) groups excluding carboxylic acids is 1. The molecule has 0 atom stereocenters. The molecular weight excluding hydrogens is 326 g/mol. The normalized spacial score (nSPS) is 13.7. The van der Waals surface area contributed by atoms with Crippen LogP contribution in [0.2, 0.25) is 5.02 Å². The lowest BCUT2D eigenvalue weighted by Gasteiger charge is -2.13. The molecule has 8 heteroatoms. The Morgan fingerprint density at radius 2 is 2.13 bits per heavy atom. The van der Waals surface area contributed by atoms with Gasteiger partial charge in [0, 0.05) is 18.1 Å². The van der Waals surface area contributed by atoms with Crippen molar-refractivity contribution in [1.82, 2.24) is 20.4 Å². The van der Waals surface area contributed by atoms with Gasteiger partial charge in [0.05, 0.1) is 30.9 Å². The summed E-state index contributed by atoms with van der Waals surface area (Å²) in [5.41, 5.74) is 2.08. The summed E-state index contributed by atoms with van der Waals surface area (Å²) < 4.78 is 28.1. The molecule has 0 spiro atoms. The van der Waals surface area contributed by atoms with Gasteiger partial charge in [0.2, 0.25) is 5.91 Å². The lowest BCUT2D eigenvalue weighted by atomic mass is 10.1. The Bertz CT molecular complexity index is 724. The number of fused-ring (bicyclic) bond motifs is 1. The third-order valence-corrected chi connectivity index (χ3v) is 3.98. The lowest BCUT2D eigenvalue weighted by molar-refractivity contribution is -0.120. The SMILES string of the molecule is O=C(Cc1cc(F)c(F)cc1Cl)NCc1cc2n(n1)CCNC2. The van der Waals surface area contributed by atoms with Gasteiger partial charge < -0.3 is 10.6 Å². The van der Waals surface area contributed by atoms with Crippen LogP contribution in [0, 0.1) is 11.6 Å². The van der Waals surface area contributed by atoms with Crippen molar-refractivity contribution in [2.24, 2.45) is 0 Å². The predicted octanol–water partition coefficient (Wildman–Crippen LogP) is 1.78. The van der Waals surface area contributed by atoms with Gasteiger partial charge in [0.25, 0.3) is 0 Å². The summed E-state index contributed by atoms with van der Waals surface area (Å²) in [7, 11) is 0. The van der Waals surface area contributed by atoms with E-state index in [1.165, 1.54) is 0 Å². The number of halogens is 3. The van der Waals surface area contributed by atoms with E-state index in [1.807, 2.05) is 10.7 Å². The van der Waals surface area contributed by atoms with Gasteiger partial charge in [-0.3, -0.25) is 9.48 Å². The Balaban J connectivity index is 1.59. The first-order chi connectivity index (χ1) is 11.0. The fourth-order valence-electron chi connectivity index (χ4n) is 2.46. The quantitative estimate of drug-likeness (QED) is 0.834. The molecule has 0 aliphatic carbocycles. The summed E-state index contributed by atoms with van der Waals surface area (Å²) in [5.74, 6) is -2.38. The van der Waals surface area contributed by atoms with Crippen LogP contribution in [0.5, 0.6) is 0 Å². The van der Waals surface area contributed by atoms with Crippen molar-refractivity contribution in [3.63, 3.8) is 0 Å². The molecule has 0 radical (unpaired) electrons. The summed E-state index contributed by atoms with van der Waals surface area (Å²) in [4.78, 5) is 11.9. The molecule has 1 aliphatic rings. The van der Waals surface area contributed by atoms with Crippen molar-refractivity contribution in [2.75, 3.05) is 6.54 Å². The van der Waals surface area contributed by atoms with Crippen LogP contribution in [0.15, 0.2) is 18.2 Å². The zero-order chi connectivity index (χ0) is 16.4. The van der Waals surface area contributed by atoms with Crippen LogP contribution >= 0.6 is 11.6 Å². The first kappa shape index (κ1) is 15.9. The highest BCUT2D eigenvalue weighted by molar-refractivity contribution is 6.31. The van der Waals surface area contributed by atoms with Crippen LogP contribution in [0.3, 0.4) is 0 Å². The predicted molar refractivity (Wildman–Crippen MR) is 80.9 cm³/mol. The summed E-state index contributed by atoms with van der Waals surface area (Å²) in [5, 5.41) is 10.4. The Labute approximate surface area is 136 Å². The highest BCUT2D eigenvalue weighted by atomic mass is 35.5. The van der Waals surface area contributed by atoms with Crippen LogP contribution in [-0.4, -0.2) is 22.2 Å². The second kappa shape index (κ2) is 6.64. The van der Waals surface area contributed by atoms with Crippen molar-refractivity contribution in [3.8, 4) is 0 Å². The smallest absolute Gasteiger partial charge is 0.224 e. The summed E-state index contributed by atoms with van der Waals surface area (Å²) in [6.45, 7) is 2.70. The Morgan fingerprint density at radius 1 is 1.35 bits per heavy atom. The molecule has 2 N–H and O–H groups in total. The highest BCUT2D eigenvalue weighted by Crippen LogP contribution is 2.20. The van der Waals surface area contributed by atoms with Gasteiger partial charge in [-0.05, 0) is 23.8 Å². The second-order valence-corrected chi connectivity index (χ2v) is 5.75. The van der Waals surface area contributed by atoms with E-state index >= 15 is 0 Å². The van der Waals surface area contributed by atoms with Crippen molar-refractivity contribution < 1.29 is 13.6 Å². The molecule has 1 aliphatic heterocycles. The van der Waals surface area contributed by atoms with E-state index < -0.39 is 11.6 Å². The third kappa shape index (κ3) is 3.68. The standard InChI is InChI=1S/C15H15ClF2N4O/c16-12-6-14(18)13(17)3-9(12)4-15(23)20-7-10-5-11-8-19-1-2-22(11)21-10/h3,5-6,19H,1-2,4,7-8H2,(H,20,23). The molecule has 0 saturated heterocycles. The van der Waals surface area contributed by atoms with Crippen molar-refractivity contribution >= 4 is 17.5 Å². The van der Waals surface area contributed by atoms with Crippen molar-refractivity contribution in [2.45, 2.75) is 26.1 Å².